The smallest absolute Gasteiger partial charge is 0.221 e. The first-order valence-electron chi connectivity index (χ1n) is 11.7. The summed E-state index contributed by atoms with van der Waals surface area (Å²) in [5.74, 6) is 0.540. The minimum Gasteiger partial charge on any atom is -0.354 e. The van der Waals surface area contributed by atoms with Crippen molar-refractivity contribution in [2.24, 2.45) is 0 Å². The maximum Gasteiger partial charge on any atom is 0.221 e. The van der Waals surface area contributed by atoms with Gasteiger partial charge in [-0.2, -0.15) is 4.37 Å². The first-order valence-corrected chi connectivity index (χ1v) is 12.4. The molecule has 8 heteroatoms. The molecule has 2 aromatic rings. The molecule has 1 N–H and O–H groups in total. The number of rotatable bonds is 14. The Morgan fingerprint density at radius 2 is 1.81 bits per heavy atom. The van der Waals surface area contributed by atoms with E-state index in [0.717, 1.165) is 43.2 Å². The fraction of sp³-hybridized carbons (Fsp3) is 0.625. The molecule has 6 nitrogen and oxygen atoms in total. The molecule has 1 aromatic heterocycles. The SMILES string of the molecule is CCN(CC)CCCC(C)NC(=O)CCN(c1nc(Cc2ccc(F)cc2)ns1)C(C)C. The molecule has 0 saturated heterocycles. The highest BCUT2D eigenvalue weighted by atomic mass is 32.1. The maximum absolute atomic E-state index is 13.1. The molecular weight excluding hydrogens is 425 g/mol. The van der Waals surface area contributed by atoms with Crippen LogP contribution in [0.3, 0.4) is 0 Å². The zero-order chi connectivity index (χ0) is 23.5. The maximum atomic E-state index is 13.1. The number of anilines is 1. The molecule has 0 aliphatic carbocycles. The molecule has 2 rings (SSSR count). The summed E-state index contributed by atoms with van der Waals surface area (Å²) in [5, 5.41) is 3.95. The Morgan fingerprint density at radius 1 is 1.12 bits per heavy atom. The minimum atomic E-state index is -0.247. The Kier molecular flexibility index (Phi) is 11.0. The standard InChI is InChI=1S/C24H38FN5OS/c1-6-29(7-2)15-8-9-19(5)26-23(31)14-16-30(18(3)4)24-27-22(28-32-24)17-20-10-12-21(25)13-11-20/h10-13,18-19H,6-9,14-17H2,1-5H3,(H,26,31). The molecule has 1 atom stereocenters. The monoisotopic (exact) mass is 463 g/mol. The number of carbonyl (C=O) groups excluding carboxylic acids is 1. The molecule has 0 spiro atoms. The van der Waals surface area contributed by atoms with Crippen LogP contribution in [0.25, 0.3) is 0 Å². The summed E-state index contributed by atoms with van der Waals surface area (Å²) in [5.41, 5.74) is 0.973. The second-order valence-corrected chi connectivity index (χ2v) is 9.20. The summed E-state index contributed by atoms with van der Waals surface area (Å²) in [6, 6.07) is 6.79. The Balaban J connectivity index is 1.82. The molecule has 0 aliphatic heterocycles. The van der Waals surface area contributed by atoms with Crippen LogP contribution in [0.1, 0.15) is 65.3 Å². The van der Waals surface area contributed by atoms with Gasteiger partial charge in [-0.1, -0.05) is 26.0 Å². The highest BCUT2D eigenvalue weighted by molar-refractivity contribution is 7.09. The van der Waals surface area contributed by atoms with E-state index < -0.39 is 0 Å². The van der Waals surface area contributed by atoms with Gasteiger partial charge < -0.3 is 15.1 Å². The van der Waals surface area contributed by atoms with Crippen LogP contribution in [0.15, 0.2) is 24.3 Å². The molecule has 1 unspecified atom stereocenters. The normalized spacial score (nSPS) is 12.4. The zero-order valence-corrected chi connectivity index (χ0v) is 20.9. The molecule has 0 bridgehead atoms. The number of nitrogens with zero attached hydrogens (tertiary/aromatic N) is 4. The van der Waals surface area contributed by atoms with Crippen molar-refractivity contribution in [2.45, 2.75) is 72.4 Å². The molecule has 32 heavy (non-hydrogen) atoms. The van der Waals surface area contributed by atoms with Gasteiger partial charge in [0.1, 0.15) is 11.6 Å². The van der Waals surface area contributed by atoms with E-state index in [-0.39, 0.29) is 23.8 Å². The molecule has 1 aromatic carbocycles. The first kappa shape index (κ1) is 26.2. The molecule has 0 fully saturated rings. The van der Waals surface area contributed by atoms with Crippen molar-refractivity contribution in [3.05, 3.63) is 41.5 Å². The van der Waals surface area contributed by atoms with Crippen molar-refractivity contribution in [2.75, 3.05) is 31.1 Å². The van der Waals surface area contributed by atoms with Gasteiger partial charge in [-0.25, -0.2) is 9.37 Å². The summed E-state index contributed by atoms with van der Waals surface area (Å²) in [6.45, 7) is 14.4. The predicted octanol–water partition coefficient (Wildman–Crippen LogP) is 4.50. The lowest BCUT2D eigenvalue weighted by atomic mass is 10.1. The van der Waals surface area contributed by atoms with Crippen LogP contribution in [0, 0.1) is 5.82 Å². The van der Waals surface area contributed by atoms with E-state index in [1.807, 2.05) is 0 Å². The molecule has 0 aliphatic rings. The minimum absolute atomic E-state index is 0.0713. The van der Waals surface area contributed by atoms with Crippen LogP contribution >= 0.6 is 11.5 Å². The number of nitrogens with one attached hydrogen (secondary N) is 1. The van der Waals surface area contributed by atoms with E-state index in [1.165, 1.54) is 23.7 Å². The van der Waals surface area contributed by atoms with Crippen LogP contribution in [0.5, 0.6) is 0 Å². The van der Waals surface area contributed by atoms with Crippen molar-refractivity contribution in [1.82, 2.24) is 19.6 Å². The number of halogens is 1. The fourth-order valence-corrected chi connectivity index (χ4v) is 4.44. The van der Waals surface area contributed by atoms with Crippen molar-refractivity contribution in [1.29, 1.82) is 0 Å². The Morgan fingerprint density at radius 3 is 2.44 bits per heavy atom. The largest absolute Gasteiger partial charge is 0.354 e. The van der Waals surface area contributed by atoms with Crippen LogP contribution in [0.2, 0.25) is 0 Å². The third kappa shape index (κ3) is 8.82. The van der Waals surface area contributed by atoms with Gasteiger partial charge in [0.25, 0.3) is 0 Å². The van der Waals surface area contributed by atoms with Crippen LogP contribution < -0.4 is 10.2 Å². The summed E-state index contributed by atoms with van der Waals surface area (Å²) in [6.07, 6.45) is 3.06. The van der Waals surface area contributed by atoms with E-state index >= 15 is 0 Å². The average molecular weight is 464 g/mol. The van der Waals surface area contributed by atoms with Crippen molar-refractivity contribution in [3.8, 4) is 0 Å². The highest BCUT2D eigenvalue weighted by Crippen LogP contribution is 2.21. The Labute approximate surface area is 196 Å². The summed E-state index contributed by atoms with van der Waals surface area (Å²) >= 11 is 1.35. The summed E-state index contributed by atoms with van der Waals surface area (Å²) in [4.78, 5) is 21.7. The number of hydrogen-bond donors (Lipinski definition) is 1. The van der Waals surface area contributed by atoms with Gasteiger partial charge >= 0.3 is 0 Å². The predicted molar refractivity (Wildman–Crippen MR) is 131 cm³/mol. The molecule has 178 valence electrons. The van der Waals surface area contributed by atoms with E-state index in [0.29, 0.717) is 25.2 Å². The van der Waals surface area contributed by atoms with Crippen LogP contribution in [-0.4, -0.2) is 58.4 Å². The number of benzene rings is 1. The lowest BCUT2D eigenvalue weighted by Crippen LogP contribution is -2.38. The third-order valence-electron chi connectivity index (χ3n) is 5.59. The van der Waals surface area contributed by atoms with Gasteiger partial charge in [0.2, 0.25) is 11.0 Å². The third-order valence-corrected chi connectivity index (χ3v) is 6.39. The highest BCUT2D eigenvalue weighted by Gasteiger charge is 2.18. The number of carbonyl (C=O) groups is 1. The molecule has 1 amide bonds. The van der Waals surface area contributed by atoms with E-state index in [2.05, 4.69) is 59.1 Å². The van der Waals surface area contributed by atoms with E-state index in [9.17, 15) is 9.18 Å². The second kappa shape index (κ2) is 13.5. The first-order chi connectivity index (χ1) is 15.3. The Hall–Kier alpha value is -2.06. The lowest BCUT2D eigenvalue weighted by molar-refractivity contribution is -0.121. The molecular formula is C24H38FN5OS. The number of amides is 1. The summed E-state index contributed by atoms with van der Waals surface area (Å²) < 4.78 is 17.6. The fourth-order valence-electron chi connectivity index (χ4n) is 3.59. The van der Waals surface area contributed by atoms with Gasteiger partial charge in [0.15, 0.2) is 0 Å². The van der Waals surface area contributed by atoms with Crippen molar-refractivity contribution in [3.63, 3.8) is 0 Å². The number of hydrogen-bond acceptors (Lipinski definition) is 6. The molecule has 1 heterocycles. The topological polar surface area (TPSA) is 61.4 Å². The van der Waals surface area contributed by atoms with E-state index in [1.54, 1.807) is 12.1 Å². The quantitative estimate of drug-likeness (QED) is 0.447. The van der Waals surface area contributed by atoms with Crippen molar-refractivity contribution >= 4 is 22.6 Å². The molecule has 0 saturated carbocycles. The van der Waals surface area contributed by atoms with Gasteiger partial charge in [0.05, 0.1) is 0 Å². The van der Waals surface area contributed by atoms with Gasteiger partial charge in [-0.15, -0.1) is 0 Å². The van der Waals surface area contributed by atoms with E-state index in [4.69, 9.17) is 0 Å². The summed E-state index contributed by atoms with van der Waals surface area (Å²) in [7, 11) is 0. The van der Waals surface area contributed by atoms with Crippen LogP contribution in [-0.2, 0) is 11.2 Å². The average Bonchev–Trinajstić information content (AvgIpc) is 3.20. The number of aromatic nitrogens is 2. The van der Waals surface area contributed by atoms with Gasteiger partial charge in [0, 0.05) is 43.0 Å². The Bertz CT molecular complexity index is 807. The van der Waals surface area contributed by atoms with Gasteiger partial charge in [-0.3, -0.25) is 4.79 Å². The van der Waals surface area contributed by atoms with Gasteiger partial charge in [-0.05, 0) is 70.9 Å². The lowest BCUT2D eigenvalue weighted by Gasteiger charge is -2.25. The second-order valence-electron chi connectivity index (χ2n) is 8.47. The molecule has 0 radical (unpaired) electrons. The van der Waals surface area contributed by atoms with Crippen molar-refractivity contribution < 1.29 is 9.18 Å². The zero-order valence-electron chi connectivity index (χ0n) is 20.1. The van der Waals surface area contributed by atoms with Crippen LogP contribution in [0.4, 0.5) is 9.52 Å².